The molecule has 0 radical (unpaired) electrons. The Balaban J connectivity index is 1.62. The maximum atomic E-state index is 5.42. The Morgan fingerprint density at radius 2 is 1.92 bits per heavy atom. The molecule has 1 aromatic heterocycles. The summed E-state index contributed by atoms with van der Waals surface area (Å²) in [5.74, 6) is 1.45. The van der Waals surface area contributed by atoms with Crippen LogP contribution in [0.1, 0.15) is 11.3 Å². The topological polar surface area (TPSA) is 58.3 Å². The van der Waals surface area contributed by atoms with E-state index >= 15 is 0 Å². The summed E-state index contributed by atoms with van der Waals surface area (Å²) >= 11 is 5.42. The van der Waals surface area contributed by atoms with Crippen LogP contribution in [0.2, 0.25) is 0 Å². The highest BCUT2D eigenvalue weighted by atomic mass is 32.1. The number of ether oxygens (including phenoxy) is 2. The van der Waals surface area contributed by atoms with Gasteiger partial charge in [-0.2, -0.15) is 0 Å². The van der Waals surface area contributed by atoms with E-state index in [1.165, 1.54) is 22.2 Å². The molecule has 5 nitrogen and oxygen atoms in total. The average Bonchev–Trinajstić information content (AvgIpc) is 2.97. The molecule has 3 aromatic rings. The fourth-order valence-corrected chi connectivity index (χ4v) is 3.25. The van der Waals surface area contributed by atoms with Crippen molar-refractivity contribution in [2.45, 2.75) is 13.3 Å². The van der Waals surface area contributed by atoms with Crippen molar-refractivity contribution in [1.82, 2.24) is 10.3 Å². The molecule has 26 heavy (non-hydrogen) atoms. The molecular formula is C20H23N3O2S. The van der Waals surface area contributed by atoms with Gasteiger partial charge in [-0.15, -0.1) is 0 Å². The first kappa shape index (κ1) is 18.1. The number of aromatic amines is 1. The Kier molecular flexibility index (Phi) is 5.63. The number of aryl methyl sites for hydroxylation is 1. The van der Waals surface area contributed by atoms with Crippen LogP contribution >= 0.6 is 12.2 Å². The third-order valence-corrected chi connectivity index (χ3v) is 4.59. The van der Waals surface area contributed by atoms with E-state index in [1.807, 2.05) is 24.3 Å². The molecule has 136 valence electrons. The Hall–Kier alpha value is -2.73. The van der Waals surface area contributed by atoms with Gasteiger partial charge >= 0.3 is 0 Å². The number of nitrogens with one attached hydrogen (secondary N) is 3. The largest absolute Gasteiger partial charge is 0.497 e. The number of aromatic nitrogens is 1. The number of hydrogen-bond donors (Lipinski definition) is 3. The summed E-state index contributed by atoms with van der Waals surface area (Å²) in [6.45, 7) is 2.84. The third-order valence-electron chi connectivity index (χ3n) is 4.34. The van der Waals surface area contributed by atoms with Crippen LogP contribution in [0, 0.1) is 6.92 Å². The smallest absolute Gasteiger partial charge is 0.170 e. The number of fused-ring (bicyclic) bond motifs is 1. The molecule has 2 aromatic carbocycles. The fourth-order valence-electron chi connectivity index (χ4n) is 3.04. The summed E-state index contributed by atoms with van der Waals surface area (Å²) in [4.78, 5) is 3.43. The normalized spacial score (nSPS) is 10.6. The minimum atomic E-state index is 0.550. The van der Waals surface area contributed by atoms with Crippen LogP contribution in [0.3, 0.4) is 0 Å². The van der Waals surface area contributed by atoms with Crippen molar-refractivity contribution in [3.8, 4) is 11.5 Å². The molecule has 0 aliphatic heterocycles. The van der Waals surface area contributed by atoms with E-state index in [-0.39, 0.29) is 0 Å². The molecule has 6 heteroatoms. The van der Waals surface area contributed by atoms with Crippen molar-refractivity contribution in [1.29, 1.82) is 0 Å². The maximum absolute atomic E-state index is 5.42. The van der Waals surface area contributed by atoms with Gasteiger partial charge in [0.15, 0.2) is 5.11 Å². The lowest BCUT2D eigenvalue weighted by Gasteiger charge is -2.14. The van der Waals surface area contributed by atoms with Gasteiger partial charge in [0.25, 0.3) is 0 Å². The zero-order chi connectivity index (χ0) is 18.5. The van der Waals surface area contributed by atoms with Crippen LogP contribution in [0.4, 0.5) is 5.69 Å². The predicted octanol–water partition coefficient (Wildman–Crippen LogP) is 4.02. The zero-order valence-electron chi connectivity index (χ0n) is 15.2. The molecule has 0 saturated heterocycles. The lowest BCUT2D eigenvalue weighted by molar-refractivity contribution is 0.405. The van der Waals surface area contributed by atoms with E-state index in [0.29, 0.717) is 10.9 Å². The molecular weight excluding hydrogens is 346 g/mol. The van der Waals surface area contributed by atoms with Crippen LogP contribution < -0.4 is 20.1 Å². The number of hydrogen-bond acceptors (Lipinski definition) is 3. The minimum Gasteiger partial charge on any atom is -0.497 e. The number of rotatable bonds is 6. The Labute approximate surface area is 158 Å². The highest BCUT2D eigenvalue weighted by Crippen LogP contribution is 2.28. The second-order valence-electron chi connectivity index (χ2n) is 5.97. The number of methoxy groups -OCH3 is 2. The van der Waals surface area contributed by atoms with Crippen LogP contribution in [0.15, 0.2) is 42.5 Å². The SMILES string of the molecule is COc1ccc(OC)c(NC(=S)NCCc2c(C)[nH]c3ccccc23)c1. The number of thiocarbonyl (C=S) groups is 1. The molecule has 0 spiro atoms. The maximum Gasteiger partial charge on any atom is 0.170 e. The van der Waals surface area contributed by atoms with Crippen LogP contribution in [0.25, 0.3) is 10.9 Å². The number of anilines is 1. The molecule has 0 unspecified atom stereocenters. The van der Waals surface area contributed by atoms with Crippen LogP contribution in [0.5, 0.6) is 11.5 Å². The summed E-state index contributed by atoms with van der Waals surface area (Å²) in [6, 6.07) is 13.9. The van der Waals surface area contributed by atoms with E-state index in [4.69, 9.17) is 21.7 Å². The third kappa shape index (κ3) is 3.91. The molecule has 3 rings (SSSR count). The summed E-state index contributed by atoms with van der Waals surface area (Å²) < 4.78 is 10.6. The average molecular weight is 369 g/mol. The first-order chi connectivity index (χ1) is 12.6. The number of benzene rings is 2. The zero-order valence-corrected chi connectivity index (χ0v) is 16.0. The van der Waals surface area contributed by atoms with Crippen molar-refractivity contribution in [3.63, 3.8) is 0 Å². The quantitative estimate of drug-likeness (QED) is 0.573. The van der Waals surface area contributed by atoms with Gasteiger partial charge in [-0.3, -0.25) is 0 Å². The monoisotopic (exact) mass is 369 g/mol. The van der Waals surface area contributed by atoms with Gasteiger partial charge in [0.2, 0.25) is 0 Å². The van der Waals surface area contributed by atoms with Crippen LogP contribution in [-0.4, -0.2) is 30.9 Å². The number of para-hydroxylation sites is 1. The van der Waals surface area contributed by atoms with Crippen molar-refractivity contribution < 1.29 is 9.47 Å². The molecule has 0 aliphatic carbocycles. The van der Waals surface area contributed by atoms with E-state index in [1.54, 1.807) is 14.2 Å². The standard InChI is InChI=1S/C20H23N3O2S/c1-13-15(16-6-4-5-7-17(16)22-13)10-11-21-20(26)23-18-12-14(24-2)8-9-19(18)25-3/h4-9,12,22H,10-11H2,1-3H3,(H2,21,23,26). The first-order valence-electron chi connectivity index (χ1n) is 8.45. The molecule has 0 bridgehead atoms. The van der Waals surface area contributed by atoms with E-state index in [0.717, 1.165) is 24.4 Å². The molecule has 3 N–H and O–H groups in total. The molecule has 0 amide bonds. The highest BCUT2D eigenvalue weighted by Gasteiger charge is 2.09. The van der Waals surface area contributed by atoms with Crippen molar-refractivity contribution in [2.75, 3.05) is 26.1 Å². The second-order valence-corrected chi connectivity index (χ2v) is 6.38. The second kappa shape index (κ2) is 8.10. The Bertz CT molecular complexity index is 921. The van der Waals surface area contributed by atoms with Gasteiger partial charge in [0.05, 0.1) is 19.9 Å². The first-order valence-corrected chi connectivity index (χ1v) is 8.86. The van der Waals surface area contributed by atoms with Crippen molar-refractivity contribution in [3.05, 3.63) is 53.7 Å². The van der Waals surface area contributed by atoms with E-state index in [9.17, 15) is 0 Å². The summed E-state index contributed by atoms with van der Waals surface area (Å²) in [5.41, 5.74) is 4.45. The number of H-pyrrole nitrogens is 1. The van der Waals surface area contributed by atoms with Crippen LogP contribution in [-0.2, 0) is 6.42 Å². The fraction of sp³-hybridized carbons (Fsp3) is 0.250. The molecule has 0 saturated carbocycles. The summed E-state index contributed by atoms with van der Waals surface area (Å²) in [6.07, 6.45) is 0.882. The minimum absolute atomic E-state index is 0.550. The molecule has 0 atom stereocenters. The van der Waals surface area contributed by atoms with Gasteiger partial charge in [0.1, 0.15) is 11.5 Å². The van der Waals surface area contributed by atoms with Gasteiger partial charge in [-0.05, 0) is 49.3 Å². The Morgan fingerprint density at radius 3 is 2.69 bits per heavy atom. The van der Waals surface area contributed by atoms with Gasteiger partial charge in [0, 0.05) is 29.2 Å². The predicted molar refractivity (Wildman–Crippen MR) is 111 cm³/mol. The lowest BCUT2D eigenvalue weighted by Crippen LogP contribution is -2.30. The van der Waals surface area contributed by atoms with Crippen molar-refractivity contribution >= 4 is 33.9 Å². The van der Waals surface area contributed by atoms with Gasteiger partial charge in [-0.25, -0.2) is 0 Å². The van der Waals surface area contributed by atoms with E-state index < -0.39 is 0 Å². The summed E-state index contributed by atoms with van der Waals surface area (Å²) in [7, 11) is 3.26. The Morgan fingerprint density at radius 1 is 1.12 bits per heavy atom. The van der Waals surface area contributed by atoms with Gasteiger partial charge in [-0.1, -0.05) is 18.2 Å². The lowest BCUT2D eigenvalue weighted by atomic mass is 10.1. The molecule has 0 fully saturated rings. The van der Waals surface area contributed by atoms with E-state index in [2.05, 4.69) is 40.7 Å². The van der Waals surface area contributed by atoms with Gasteiger partial charge < -0.3 is 25.1 Å². The van der Waals surface area contributed by atoms with Crippen molar-refractivity contribution in [2.24, 2.45) is 0 Å². The summed E-state index contributed by atoms with van der Waals surface area (Å²) in [5, 5.41) is 8.25. The molecule has 0 aliphatic rings. The highest BCUT2D eigenvalue weighted by molar-refractivity contribution is 7.80. The molecule has 1 heterocycles.